The second-order valence-corrected chi connectivity index (χ2v) is 4.91. The van der Waals surface area contributed by atoms with Gasteiger partial charge in [-0.1, -0.05) is 18.5 Å². The van der Waals surface area contributed by atoms with Gasteiger partial charge in [-0.25, -0.2) is 4.98 Å². The van der Waals surface area contributed by atoms with Crippen LogP contribution in [0.25, 0.3) is 0 Å². The van der Waals surface area contributed by atoms with Crippen molar-refractivity contribution >= 4 is 17.5 Å². The number of rotatable bonds is 3. The first-order chi connectivity index (χ1) is 8.11. The van der Waals surface area contributed by atoms with E-state index < -0.39 is 0 Å². The molecule has 17 heavy (non-hydrogen) atoms. The van der Waals surface area contributed by atoms with Crippen molar-refractivity contribution in [3.05, 3.63) is 28.5 Å². The van der Waals surface area contributed by atoms with Crippen molar-refractivity contribution in [1.29, 1.82) is 0 Å². The Bertz CT molecular complexity index is 429. The van der Waals surface area contributed by atoms with E-state index in [1.165, 1.54) is 6.42 Å². The molecule has 0 atom stereocenters. The molecule has 0 bridgehead atoms. The Morgan fingerprint density at radius 1 is 1.53 bits per heavy atom. The van der Waals surface area contributed by atoms with Crippen LogP contribution in [-0.2, 0) is 6.42 Å². The summed E-state index contributed by atoms with van der Waals surface area (Å²) >= 11 is 5.92. The smallest absolute Gasteiger partial charge is 0.254 e. The third kappa shape index (κ3) is 2.60. The van der Waals surface area contributed by atoms with Crippen molar-refractivity contribution in [2.75, 3.05) is 7.05 Å². The predicted molar refractivity (Wildman–Crippen MR) is 68.4 cm³/mol. The molecule has 1 aliphatic carbocycles. The first kappa shape index (κ1) is 12.4. The summed E-state index contributed by atoms with van der Waals surface area (Å²) in [5, 5.41) is 0.398. The van der Waals surface area contributed by atoms with Crippen LogP contribution in [0.4, 0.5) is 0 Å². The van der Waals surface area contributed by atoms with E-state index in [4.69, 9.17) is 11.6 Å². The third-order valence-corrected chi connectivity index (χ3v) is 3.59. The zero-order valence-corrected chi connectivity index (χ0v) is 11.0. The number of pyridine rings is 1. The van der Waals surface area contributed by atoms with Crippen LogP contribution in [-0.4, -0.2) is 28.9 Å². The van der Waals surface area contributed by atoms with Gasteiger partial charge in [0.15, 0.2) is 0 Å². The van der Waals surface area contributed by atoms with E-state index in [1.54, 1.807) is 6.07 Å². The maximum absolute atomic E-state index is 12.2. The molecule has 3 nitrogen and oxygen atoms in total. The maximum atomic E-state index is 12.2. The number of hydrogen-bond donors (Lipinski definition) is 0. The molecule has 2 rings (SSSR count). The van der Waals surface area contributed by atoms with Gasteiger partial charge in [0.25, 0.3) is 5.91 Å². The van der Waals surface area contributed by atoms with Crippen molar-refractivity contribution in [2.45, 2.75) is 38.6 Å². The van der Waals surface area contributed by atoms with E-state index in [9.17, 15) is 4.79 Å². The highest BCUT2D eigenvalue weighted by Gasteiger charge is 2.26. The lowest BCUT2D eigenvalue weighted by Gasteiger charge is -2.34. The number of amides is 1. The summed E-state index contributed by atoms with van der Waals surface area (Å²) in [7, 11) is 1.87. The van der Waals surface area contributed by atoms with Gasteiger partial charge in [-0.2, -0.15) is 0 Å². The average molecular weight is 253 g/mol. The predicted octanol–water partition coefficient (Wildman–Crippen LogP) is 2.92. The van der Waals surface area contributed by atoms with Crippen LogP contribution in [0.1, 0.15) is 42.2 Å². The topological polar surface area (TPSA) is 33.2 Å². The van der Waals surface area contributed by atoms with Crippen LogP contribution >= 0.6 is 11.6 Å². The Morgan fingerprint density at radius 3 is 2.76 bits per heavy atom. The van der Waals surface area contributed by atoms with Gasteiger partial charge in [0.2, 0.25) is 0 Å². The van der Waals surface area contributed by atoms with E-state index in [2.05, 4.69) is 4.98 Å². The molecule has 1 aliphatic rings. The summed E-state index contributed by atoms with van der Waals surface area (Å²) in [5.74, 6) is 0.0497. The number of carbonyl (C=O) groups excluding carboxylic acids is 1. The van der Waals surface area contributed by atoms with Gasteiger partial charge in [-0.3, -0.25) is 4.79 Å². The largest absolute Gasteiger partial charge is 0.339 e. The lowest BCUT2D eigenvalue weighted by atomic mass is 9.91. The zero-order chi connectivity index (χ0) is 12.4. The van der Waals surface area contributed by atoms with Gasteiger partial charge in [-0.05, 0) is 37.8 Å². The highest BCUT2D eigenvalue weighted by Crippen LogP contribution is 2.25. The fourth-order valence-corrected chi connectivity index (χ4v) is 2.23. The molecule has 1 heterocycles. The number of hydrogen-bond acceptors (Lipinski definition) is 2. The average Bonchev–Trinajstić information content (AvgIpc) is 2.24. The molecule has 0 aromatic carbocycles. The van der Waals surface area contributed by atoms with Crippen LogP contribution < -0.4 is 0 Å². The fraction of sp³-hybridized carbons (Fsp3) is 0.538. The molecule has 1 aromatic heterocycles. The molecule has 0 spiro atoms. The van der Waals surface area contributed by atoms with Crippen LogP contribution in [0, 0.1) is 0 Å². The van der Waals surface area contributed by atoms with Crippen molar-refractivity contribution < 1.29 is 4.79 Å². The number of nitrogens with zero attached hydrogens (tertiary/aromatic N) is 2. The SMILES string of the molecule is CCc1cc(C(=O)N(C)C2CCC2)cc(Cl)n1. The van der Waals surface area contributed by atoms with Gasteiger partial charge >= 0.3 is 0 Å². The monoisotopic (exact) mass is 252 g/mol. The van der Waals surface area contributed by atoms with E-state index in [-0.39, 0.29) is 5.91 Å². The van der Waals surface area contributed by atoms with E-state index in [1.807, 2.05) is 24.9 Å². The minimum atomic E-state index is 0.0497. The van der Waals surface area contributed by atoms with Crippen LogP contribution in [0.2, 0.25) is 5.15 Å². The van der Waals surface area contributed by atoms with Crippen molar-refractivity contribution in [1.82, 2.24) is 9.88 Å². The molecule has 0 radical (unpaired) electrons. The van der Waals surface area contributed by atoms with Gasteiger partial charge in [-0.15, -0.1) is 0 Å². The van der Waals surface area contributed by atoms with Crippen LogP contribution in [0.5, 0.6) is 0 Å². The zero-order valence-electron chi connectivity index (χ0n) is 10.2. The molecular formula is C13H17ClN2O. The fourth-order valence-electron chi connectivity index (χ4n) is 2.00. The highest BCUT2D eigenvalue weighted by atomic mass is 35.5. The van der Waals surface area contributed by atoms with Crippen LogP contribution in [0.3, 0.4) is 0 Å². The van der Waals surface area contributed by atoms with E-state index >= 15 is 0 Å². The number of halogens is 1. The van der Waals surface area contributed by atoms with Crippen molar-refractivity contribution in [3.8, 4) is 0 Å². The summed E-state index contributed by atoms with van der Waals surface area (Å²) < 4.78 is 0. The number of carbonyl (C=O) groups is 1. The summed E-state index contributed by atoms with van der Waals surface area (Å²) in [6, 6.07) is 3.89. The molecule has 1 fully saturated rings. The molecule has 1 aromatic rings. The molecule has 0 saturated heterocycles. The number of aromatic nitrogens is 1. The Kier molecular flexibility index (Phi) is 3.67. The van der Waals surface area contributed by atoms with Gasteiger partial charge in [0, 0.05) is 24.3 Å². The normalized spacial score (nSPS) is 15.5. The Hall–Kier alpha value is -1.09. The number of aryl methyl sites for hydroxylation is 1. The highest BCUT2D eigenvalue weighted by molar-refractivity contribution is 6.29. The lowest BCUT2D eigenvalue weighted by Crippen LogP contribution is -2.41. The van der Waals surface area contributed by atoms with Crippen molar-refractivity contribution in [3.63, 3.8) is 0 Å². The Labute approximate surface area is 107 Å². The second kappa shape index (κ2) is 5.05. The summed E-state index contributed by atoms with van der Waals surface area (Å²) in [6.07, 6.45) is 4.23. The quantitative estimate of drug-likeness (QED) is 0.775. The molecule has 1 saturated carbocycles. The molecule has 92 valence electrons. The minimum absolute atomic E-state index is 0.0497. The minimum Gasteiger partial charge on any atom is -0.339 e. The molecule has 0 unspecified atom stereocenters. The van der Waals surface area contributed by atoms with Crippen LogP contribution in [0.15, 0.2) is 12.1 Å². The lowest BCUT2D eigenvalue weighted by molar-refractivity contribution is 0.0652. The Morgan fingerprint density at radius 2 is 2.24 bits per heavy atom. The van der Waals surface area contributed by atoms with E-state index in [0.29, 0.717) is 16.8 Å². The van der Waals surface area contributed by atoms with Crippen molar-refractivity contribution in [2.24, 2.45) is 0 Å². The first-order valence-corrected chi connectivity index (χ1v) is 6.43. The van der Waals surface area contributed by atoms with Gasteiger partial charge < -0.3 is 4.90 Å². The summed E-state index contributed by atoms with van der Waals surface area (Å²) in [6.45, 7) is 2.00. The van der Waals surface area contributed by atoms with Gasteiger partial charge in [0.1, 0.15) is 5.15 Å². The standard InChI is InChI=1S/C13H17ClN2O/c1-3-10-7-9(8-12(14)15-10)13(17)16(2)11-5-4-6-11/h7-8,11H,3-6H2,1-2H3. The second-order valence-electron chi connectivity index (χ2n) is 4.52. The van der Waals surface area contributed by atoms with Gasteiger partial charge in [0.05, 0.1) is 0 Å². The molecule has 0 N–H and O–H groups in total. The summed E-state index contributed by atoms with van der Waals surface area (Å²) in [5.41, 5.74) is 1.51. The molecular weight excluding hydrogens is 236 g/mol. The first-order valence-electron chi connectivity index (χ1n) is 6.05. The third-order valence-electron chi connectivity index (χ3n) is 3.40. The van der Waals surface area contributed by atoms with E-state index in [0.717, 1.165) is 25.0 Å². The molecule has 1 amide bonds. The molecule has 0 aliphatic heterocycles. The summed E-state index contributed by atoms with van der Waals surface area (Å²) in [4.78, 5) is 18.2. The molecule has 4 heteroatoms. The maximum Gasteiger partial charge on any atom is 0.254 e. The Balaban J connectivity index is 2.20.